The fourth-order valence-corrected chi connectivity index (χ4v) is 3.20. The standard InChI is InChI=1S/C23H17NO5/c1-13-6-7-17(10-14(13)2)29-18-8-9-19-20(12-18)22(26)24(21(19)25)16-5-3-4-15(11-16)23(27)28/h3-12H,1-2H3,(H,27,28)/p-1. The average Bonchev–Trinajstić information content (AvgIpc) is 2.95. The molecule has 3 aromatic carbocycles. The number of anilines is 1. The molecule has 0 N–H and O–H groups in total. The van der Waals surface area contributed by atoms with Gasteiger partial charge in [0.25, 0.3) is 11.8 Å². The van der Waals surface area contributed by atoms with Gasteiger partial charge < -0.3 is 14.6 Å². The molecule has 2 amide bonds. The van der Waals surface area contributed by atoms with Crippen LogP contribution in [0.25, 0.3) is 0 Å². The van der Waals surface area contributed by atoms with Gasteiger partial charge in [-0.15, -0.1) is 0 Å². The second kappa shape index (κ2) is 6.91. The number of aromatic carboxylic acids is 1. The number of amides is 2. The topological polar surface area (TPSA) is 86.7 Å². The minimum Gasteiger partial charge on any atom is -0.545 e. The minimum atomic E-state index is -1.38. The Morgan fingerprint density at radius 2 is 1.52 bits per heavy atom. The Bertz CT molecular complexity index is 1180. The highest BCUT2D eigenvalue weighted by Gasteiger charge is 2.37. The third-order valence-corrected chi connectivity index (χ3v) is 4.91. The summed E-state index contributed by atoms with van der Waals surface area (Å²) >= 11 is 0. The van der Waals surface area contributed by atoms with E-state index >= 15 is 0 Å². The molecule has 0 radical (unpaired) electrons. The number of rotatable bonds is 4. The zero-order valence-corrected chi connectivity index (χ0v) is 15.8. The molecule has 0 spiro atoms. The Hall–Kier alpha value is -3.93. The molecule has 6 nitrogen and oxygen atoms in total. The smallest absolute Gasteiger partial charge is 0.266 e. The Labute approximate surface area is 167 Å². The molecule has 29 heavy (non-hydrogen) atoms. The lowest BCUT2D eigenvalue weighted by Crippen LogP contribution is -2.30. The van der Waals surface area contributed by atoms with Gasteiger partial charge in [0.2, 0.25) is 0 Å². The second-order valence-corrected chi connectivity index (χ2v) is 6.84. The highest BCUT2D eigenvalue weighted by molar-refractivity contribution is 6.34. The highest BCUT2D eigenvalue weighted by Crippen LogP contribution is 2.33. The molecule has 0 fully saturated rings. The fraction of sp³-hybridized carbons (Fsp3) is 0.0870. The van der Waals surface area contributed by atoms with Gasteiger partial charge in [-0.25, -0.2) is 4.90 Å². The molecule has 144 valence electrons. The maximum Gasteiger partial charge on any atom is 0.266 e. The van der Waals surface area contributed by atoms with Crippen LogP contribution in [0.15, 0.2) is 60.7 Å². The molecule has 3 aromatic rings. The van der Waals surface area contributed by atoms with E-state index in [4.69, 9.17) is 4.74 Å². The van der Waals surface area contributed by atoms with Gasteiger partial charge in [0, 0.05) is 0 Å². The fourth-order valence-electron chi connectivity index (χ4n) is 3.20. The Morgan fingerprint density at radius 3 is 2.24 bits per heavy atom. The number of hydrogen-bond donors (Lipinski definition) is 0. The van der Waals surface area contributed by atoms with E-state index in [0.717, 1.165) is 16.0 Å². The SMILES string of the molecule is Cc1ccc(Oc2ccc3c(c2)C(=O)N(c2cccc(C(=O)[O-])c2)C3=O)cc1C. The van der Waals surface area contributed by atoms with E-state index in [2.05, 4.69) is 0 Å². The zero-order valence-electron chi connectivity index (χ0n) is 15.8. The van der Waals surface area contributed by atoms with Crippen LogP contribution in [-0.4, -0.2) is 17.8 Å². The van der Waals surface area contributed by atoms with Gasteiger partial charge in [0.1, 0.15) is 11.5 Å². The van der Waals surface area contributed by atoms with Crippen LogP contribution in [0.3, 0.4) is 0 Å². The van der Waals surface area contributed by atoms with Gasteiger partial charge in [-0.2, -0.15) is 0 Å². The van der Waals surface area contributed by atoms with Crippen molar-refractivity contribution in [1.29, 1.82) is 0 Å². The van der Waals surface area contributed by atoms with Gasteiger partial charge >= 0.3 is 0 Å². The Morgan fingerprint density at radius 1 is 0.828 bits per heavy atom. The van der Waals surface area contributed by atoms with Crippen molar-refractivity contribution in [3.8, 4) is 11.5 Å². The van der Waals surface area contributed by atoms with Crippen molar-refractivity contribution < 1.29 is 24.2 Å². The van der Waals surface area contributed by atoms with Crippen LogP contribution in [0.5, 0.6) is 11.5 Å². The molecular weight excluding hydrogens is 370 g/mol. The van der Waals surface area contributed by atoms with E-state index in [0.29, 0.717) is 11.5 Å². The monoisotopic (exact) mass is 386 g/mol. The molecular formula is C23H16NO5-. The van der Waals surface area contributed by atoms with Gasteiger partial charge in [-0.3, -0.25) is 9.59 Å². The second-order valence-electron chi connectivity index (χ2n) is 6.84. The largest absolute Gasteiger partial charge is 0.545 e. The normalized spacial score (nSPS) is 12.8. The van der Waals surface area contributed by atoms with E-state index in [-0.39, 0.29) is 22.4 Å². The predicted octanol–water partition coefficient (Wildman–Crippen LogP) is 3.26. The number of carboxylic acids is 1. The average molecular weight is 386 g/mol. The summed E-state index contributed by atoms with van der Waals surface area (Å²) in [6.45, 7) is 3.98. The van der Waals surface area contributed by atoms with Gasteiger partial charge in [-0.1, -0.05) is 18.2 Å². The van der Waals surface area contributed by atoms with Crippen LogP contribution in [0.1, 0.15) is 42.2 Å². The molecule has 1 aliphatic heterocycles. The maximum absolute atomic E-state index is 12.9. The lowest BCUT2D eigenvalue weighted by Gasteiger charge is -2.15. The van der Waals surface area contributed by atoms with Gasteiger partial charge in [0.15, 0.2) is 0 Å². The highest BCUT2D eigenvalue weighted by atomic mass is 16.5. The number of fused-ring (bicyclic) bond motifs is 1. The summed E-state index contributed by atoms with van der Waals surface area (Å²) in [6.07, 6.45) is 0. The summed E-state index contributed by atoms with van der Waals surface area (Å²) in [6, 6.07) is 15.9. The number of benzene rings is 3. The van der Waals surface area contributed by atoms with Crippen LogP contribution in [0, 0.1) is 13.8 Å². The van der Waals surface area contributed by atoms with Gasteiger partial charge in [0.05, 0.1) is 22.8 Å². The number of imide groups is 1. The van der Waals surface area contributed by atoms with E-state index in [1.165, 1.54) is 36.4 Å². The van der Waals surface area contributed by atoms with Crippen molar-refractivity contribution in [3.05, 3.63) is 88.5 Å². The lowest BCUT2D eigenvalue weighted by atomic mass is 10.1. The van der Waals surface area contributed by atoms with Crippen LogP contribution < -0.4 is 14.7 Å². The molecule has 4 rings (SSSR count). The molecule has 6 heteroatoms. The molecule has 0 atom stereocenters. The third kappa shape index (κ3) is 3.25. The summed E-state index contributed by atoms with van der Waals surface area (Å²) in [4.78, 5) is 37.7. The number of carbonyl (C=O) groups excluding carboxylic acids is 3. The van der Waals surface area contributed by atoms with Gasteiger partial charge in [-0.05, 0) is 73.0 Å². The molecule has 0 bridgehead atoms. The quantitative estimate of drug-likeness (QED) is 0.643. The summed E-state index contributed by atoms with van der Waals surface area (Å²) in [7, 11) is 0. The van der Waals surface area contributed by atoms with Crippen molar-refractivity contribution in [2.45, 2.75) is 13.8 Å². The first-order valence-electron chi connectivity index (χ1n) is 8.94. The van der Waals surface area contributed by atoms with Crippen molar-refractivity contribution in [2.75, 3.05) is 4.90 Å². The van der Waals surface area contributed by atoms with E-state index in [9.17, 15) is 19.5 Å². The van der Waals surface area contributed by atoms with Crippen LogP contribution in [0.2, 0.25) is 0 Å². The number of hydrogen-bond acceptors (Lipinski definition) is 5. The van der Waals surface area contributed by atoms with E-state index in [1.807, 2.05) is 32.0 Å². The maximum atomic E-state index is 12.9. The molecule has 0 saturated carbocycles. The van der Waals surface area contributed by atoms with Crippen molar-refractivity contribution >= 4 is 23.5 Å². The Balaban J connectivity index is 1.66. The number of ether oxygens (including phenoxy) is 1. The summed E-state index contributed by atoms with van der Waals surface area (Å²) in [5.41, 5.74) is 2.72. The van der Waals surface area contributed by atoms with E-state index in [1.54, 1.807) is 6.07 Å². The first-order chi connectivity index (χ1) is 13.8. The third-order valence-electron chi connectivity index (χ3n) is 4.91. The van der Waals surface area contributed by atoms with Crippen LogP contribution >= 0.6 is 0 Å². The number of aryl methyl sites for hydroxylation is 2. The summed E-state index contributed by atoms with van der Waals surface area (Å²) in [5, 5.41) is 11.1. The number of nitrogens with zero attached hydrogens (tertiary/aromatic N) is 1. The molecule has 0 aromatic heterocycles. The summed E-state index contributed by atoms with van der Waals surface area (Å²) < 4.78 is 5.85. The molecule has 1 aliphatic rings. The zero-order chi connectivity index (χ0) is 20.7. The molecule has 1 heterocycles. The van der Waals surface area contributed by atoms with E-state index < -0.39 is 17.8 Å². The minimum absolute atomic E-state index is 0.113. The van der Waals surface area contributed by atoms with Crippen molar-refractivity contribution in [3.63, 3.8) is 0 Å². The van der Waals surface area contributed by atoms with Crippen molar-refractivity contribution in [2.24, 2.45) is 0 Å². The first kappa shape index (κ1) is 18.4. The van der Waals surface area contributed by atoms with Crippen molar-refractivity contribution in [1.82, 2.24) is 0 Å². The first-order valence-corrected chi connectivity index (χ1v) is 8.94. The molecule has 0 aliphatic carbocycles. The molecule has 0 unspecified atom stereocenters. The number of carbonyl (C=O) groups is 3. The number of carboxylic acid groups (broad SMARTS) is 1. The Kier molecular flexibility index (Phi) is 4.39. The van der Waals surface area contributed by atoms with Crippen LogP contribution in [0.4, 0.5) is 5.69 Å². The summed E-state index contributed by atoms with van der Waals surface area (Å²) in [5.74, 6) is -1.38. The molecule has 0 saturated heterocycles. The van der Waals surface area contributed by atoms with Crippen LogP contribution in [-0.2, 0) is 0 Å². The lowest BCUT2D eigenvalue weighted by molar-refractivity contribution is -0.255. The predicted molar refractivity (Wildman–Crippen MR) is 104 cm³/mol.